The number of aliphatic carboxylic acids is 1. The molecule has 0 spiro atoms. The third-order valence-corrected chi connectivity index (χ3v) is 4.17. The van der Waals surface area contributed by atoms with Gasteiger partial charge in [0.2, 0.25) is 5.54 Å². The molecule has 2 fully saturated rings. The van der Waals surface area contributed by atoms with Crippen LogP contribution in [-0.4, -0.2) is 34.7 Å². The molecule has 2 N–H and O–H groups in total. The van der Waals surface area contributed by atoms with E-state index in [1.165, 1.54) is 0 Å². The second kappa shape index (κ2) is 4.78. The number of ether oxygens (including phenoxy) is 1. The second-order valence-electron chi connectivity index (χ2n) is 6.65. The van der Waals surface area contributed by atoms with Crippen molar-refractivity contribution in [3.05, 3.63) is 0 Å². The SMILES string of the molecule is CC(C)(C)OC(=O)C1(C(=O)O)NCC2CCCCC21. The van der Waals surface area contributed by atoms with Gasteiger partial charge in [0.05, 0.1) is 0 Å². The standard InChI is InChI=1S/C14H23NO4/c1-13(2,3)19-12(18)14(11(16)17)10-7-5-4-6-9(10)8-15-14/h9-10,15H,4-8H2,1-3H3,(H,16,17). The molecule has 0 amide bonds. The fourth-order valence-electron chi connectivity index (χ4n) is 3.35. The zero-order valence-corrected chi connectivity index (χ0v) is 11.9. The van der Waals surface area contributed by atoms with E-state index in [1.807, 2.05) is 0 Å². The first-order valence-corrected chi connectivity index (χ1v) is 6.99. The first kappa shape index (κ1) is 14.3. The highest BCUT2D eigenvalue weighted by atomic mass is 16.6. The van der Waals surface area contributed by atoms with E-state index in [1.54, 1.807) is 20.8 Å². The van der Waals surface area contributed by atoms with Gasteiger partial charge in [0.25, 0.3) is 0 Å². The summed E-state index contributed by atoms with van der Waals surface area (Å²) in [7, 11) is 0. The van der Waals surface area contributed by atoms with Gasteiger partial charge in [-0.15, -0.1) is 0 Å². The molecule has 0 radical (unpaired) electrons. The molecular formula is C14H23NO4. The Morgan fingerprint density at radius 1 is 1.26 bits per heavy atom. The Morgan fingerprint density at radius 2 is 1.89 bits per heavy atom. The Morgan fingerprint density at radius 3 is 2.47 bits per heavy atom. The van der Waals surface area contributed by atoms with Gasteiger partial charge in [-0.1, -0.05) is 12.8 Å². The van der Waals surface area contributed by atoms with E-state index in [4.69, 9.17) is 4.74 Å². The molecule has 2 aliphatic rings. The van der Waals surface area contributed by atoms with Crippen LogP contribution in [0.4, 0.5) is 0 Å². The van der Waals surface area contributed by atoms with Gasteiger partial charge in [0, 0.05) is 5.92 Å². The Hall–Kier alpha value is -1.10. The molecule has 5 nitrogen and oxygen atoms in total. The highest BCUT2D eigenvalue weighted by Gasteiger charge is 2.60. The Balaban J connectivity index is 2.28. The van der Waals surface area contributed by atoms with Crippen LogP contribution in [0, 0.1) is 11.8 Å². The minimum absolute atomic E-state index is 0.145. The van der Waals surface area contributed by atoms with Gasteiger partial charge in [-0.05, 0) is 46.1 Å². The van der Waals surface area contributed by atoms with Crippen LogP contribution < -0.4 is 5.32 Å². The van der Waals surface area contributed by atoms with Gasteiger partial charge in [0.15, 0.2) is 0 Å². The third-order valence-electron chi connectivity index (χ3n) is 4.17. The molecule has 1 heterocycles. The number of carbonyl (C=O) groups is 2. The van der Waals surface area contributed by atoms with Crippen LogP contribution in [0.15, 0.2) is 0 Å². The lowest BCUT2D eigenvalue weighted by Gasteiger charge is -2.35. The summed E-state index contributed by atoms with van der Waals surface area (Å²) in [6, 6.07) is 0. The molecule has 19 heavy (non-hydrogen) atoms. The number of carbonyl (C=O) groups excluding carboxylic acids is 1. The van der Waals surface area contributed by atoms with Crippen LogP contribution in [0.3, 0.4) is 0 Å². The summed E-state index contributed by atoms with van der Waals surface area (Å²) in [6.07, 6.45) is 3.88. The molecule has 0 bridgehead atoms. The summed E-state index contributed by atoms with van der Waals surface area (Å²) >= 11 is 0. The van der Waals surface area contributed by atoms with Crippen LogP contribution in [0.1, 0.15) is 46.5 Å². The van der Waals surface area contributed by atoms with Crippen LogP contribution in [0.2, 0.25) is 0 Å². The van der Waals surface area contributed by atoms with Crippen molar-refractivity contribution in [2.75, 3.05) is 6.54 Å². The van der Waals surface area contributed by atoms with Crippen LogP contribution in [0.25, 0.3) is 0 Å². The molecular weight excluding hydrogens is 246 g/mol. The minimum Gasteiger partial charge on any atom is -0.479 e. The molecule has 2 rings (SSSR count). The first-order chi connectivity index (χ1) is 8.77. The highest BCUT2D eigenvalue weighted by Crippen LogP contribution is 2.43. The number of rotatable bonds is 2. The average molecular weight is 269 g/mol. The lowest BCUT2D eigenvalue weighted by Crippen LogP contribution is -2.60. The van der Waals surface area contributed by atoms with Crippen LogP contribution in [0.5, 0.6) is 0 Å². The summed E-state index contributed by atoms with van der Waals surface area (Å²) in [6.45, 7) is 5.87. The van der Waals surface area contributed by atoms with Gasteiger partial charge >= 0.3 is 11.9 Å². The predicted octanol–water partition coefficient (Wildman–Crippen LogP) is 1.56. The van der Waals surface area contributed by atoms with Crippen molar-refractivity contribution in [2.45, 2.75) is 57.6 Å². The highest BCUT2D eigenvalue weighted by molar-refractivity contribution is 6.05. The zero-order valence-electron chi connectivity index (χ0n) is 11.9. The van der Waals surface area contributed by atoms with E-state index in [-0.39, 0.29) is 11.8 Å². The number of carboxylic acids is 1. The van der Waals surface area contributed by atoms with E-state index in [2.05, 4.69) is 5.32 Å². The van der Waals surface area contributed by atoms with E-state index in [0.29, 0.717) is 6.54 Å². The van der Waals surface area contributed by atoms with Gasteiger partial charge in [-0.25, -0.2) is 9.59 Å². The second-order valence-corrected chi connectivity index (χ2v) is 6.65. The Kier molecular flexibility index (Phi) is 3.60. The van der Waals surface area contributed by atoms with Crippen molar-refractivity contribution in [1.82, 2.24) is 5.32 Å². The van der Waals surface area contributed by atoms with Crippen molar-refractivity contribution in [3.8, 4) is 0 Å². The first-order valence-electron chi connectivity index (χ1n) is 6.99. The average Bonchev–Trinajstić information content (AvgIpc) is 2.67. The molecule has 1 saturated carbocycles. The van der Waals surface area contributed by atoms with Crippen molar-refractivity contribution in [1.29, 1.82) is 0 Å². The molecule has 0 aromatic carbocycles. The fraction of sp³-hybridized carbons (Fsp3) is 0.857. The molecule has 3 unspecified atom stereocenters. The fourth-order valence-corrected chi connectivity index (χ4v) is 3.35. The molecule has 0 aromatic heterocycles. The number of hydrogen-bond acceptors (Lipinski definition) is 4. The maximum atomic E-state index is 12.4. The Labute approximate surface area is 113 Å². The molecule has 1 saturated heterocycles. The van der Waals surface area contributed by atoms with Gasteiger partial charge in [0.1, 0.15) is 5.60 Å². The molecule has 108 valence electrons. The van der Waals surface area contributed by atoms with Gasteiger partial charge in [-0.2, -0.15) is 0 Å². The molecule has 0 aromatic rings. The molecule has 5 heteroatoms. The Bertz CT molecular complexity index is 387. The number of nitrogens with one attached hydrogen (secondary N) is 1. The lowest BCUT2D eigenvalue weighted by atomic mass is 9.72. The monoisotopic (exact) mass is 269 g/mol. The number of hydrogen-bond donors (Lipinski definition) is 2. The largest absolute Gasteiger partial charge is 0.479 e. The topological polar surface area (TPSA) is 75.6 Å². The number of carboxylic acid groups (broad SMARTS) is 1. The van der Waals surface area contributed by atoms with Gasteiger partial charge < -0.3 is 9.84 Å². The van der Waals surface area contributed by atoms with Crippen molar-refractivity contribution in [2.24, 2.45) is 11.8 Å². The zero-order chi connectivity index (χ0) is 14.3. The normalized spacial score (nSPS) is 34.7. The summed E-state index contributed by atoms with van der Waals surface area (Å²) in [4.78, 5) is 24.2. The van der Waals surface area contributed by atoms with E-state index >= 15 is 0 Å². The molecule has 3 atom stereocenters. The minimum atomic E-state index is -1.54. The lowest BCUT2D eigenvalue weighted by molar-refractivity contribution is -0.173. The number of fused-ring (bicyclic) bond motifs is 1. The maximum absolute atomic E-state index is 12.4. The smallest absolute Gasteiger partial charge is 0.338 e. The van der Waals surface area contributed by atoms with Crippen molar-refractivity contribution in [3.63, 3.8) is 0 Å². The van der Waals surface area contributed by atoms with Crippen molar-refractivity contribution >= 4 is 11.9 Å². The summed E-state index contributed by atoms with van der Waals surface area (Å²) in [5.41, 5.74) is -2.22. The third kappa shape index (κ3) is 2.48. The van der Waals surface area contributed by atoms with E-state index in [9.17, 15) is 14.7 Å². The van der Waals surface area contributed by atoms with E-state index < -0.39 is 23.1 Å². The molecule has 1 aliphatic heterocycles. The molecule has 1 aliphatic carbocycles. The van der Waals surface area contributed by atoms with Crippen molar-refractivity contribution < 1.29 is 19.4 Å². The van der Waals surface area contributed by atoms with E-state index in [0.717, 1.165) is 25.7 Å². The van der Waals surface area contributed by atoms with Gasteiger partial charge in [-0.3, -0.25) is 5.32 Å². The van der Waals surface area contributed by atoms with Crippen LogP contribution >= 0.6 is 0 Å². The number of esters is 1. The predicted molar refractivity (Wildman–Crippen MR) is 69.7 cm³/mol. The summed E-state index contributed by atoms with van der Waals surface area (Å²) < 4.78 is 5.35. The van der Waals surface area contributed by atoms with Crippen LogP contribution in [-0.2, 0) is 14.3 Å². The maximum Gasteiger partial charge on any atom is 0.338 e. The summed E-state index contributed by atoms with van der Waals surface area (Å²) in [5.74, 6) is -1.61. The quantitative estimate of drug-likeness (QED) is 0.588. The summed E-state index contributed by atoms with van der Waals surface area (Å²) in [5, 5.41) is 12.6.